The molecule has 0 spiro atoms. The Hall–Kier alpha value is -3.16. The summed E-state index contributed by atoms with van der Waals surface area (Å²) in [6, 6.07) is 7.94. The predicted molar refractivity (Wildman–Crippen MR) is 89.1 cm³/mol. The van der Waals surface area contributed by atoms with E-state index in [0.717, 1.165) is 10.5 Å². The Morgan fingerprint density at radius 2 is 2.00 bits per heavy atom. The third kappa shape index (κ3) is 4.27. The molecule has 1 saturated heterocycles. The fourth-order valence-electron chi connectivity index (χ4n) is 2.65. The van der Waals surface area contributed by atoms with Gasteiger partial charge >= 0.3 is 6.03 Å². The smallest absolute Gasteiger partial charge is 0.325 e. The number of hydrogen-bond acceptors (Lipinski definition) is 4. The summed E-state index contributed by atoms with van der Waals surface area (Å²) in [5, 5.41) is 5.28. The van der Waals surface area contributed by atoms with E-state index in [9.17, 15) is 18.8 Å². The number of furan rings is 1. The second-order valence-electron chi connectivity index (χ2n) is 5.95. The molecule has 1 fully saturated rings. The fraction of sp³-hybridized carbons (Fsp3) is 0.278. The topological polar surface area (TPSA) is 91.7 Å². The summed E-state index contributed by atoms with van der Waals surface area (Å²) in [6.45, 7) is 0.333. The zero-order valence-electron chi connectivity index (χ0n) is 13.9. The normalized spacial score (nSPS) is 16.7. The summed E-state index contributed by atoms with van der Waals surface area (Å²) >= 11 is 0. The number of rotatable bonds is 7. The maximum Gasteiger partial charge on any atom is 0.325 e. The van der Waals surface area contributed by atoms with Crippen LogP contribution < -0.4 is 10.6 Å². The molecule has 1 aromatic carbocycles. The number of imide groups is 1. The molecule has 1 aliphatic rings. The van der Waals surface area contributed by atoms with Crippen molar-refractivity contribution < 1.29 is 23.2 Å². The molecule has 26 heavy (non-hydrogen) atoms. The van der Waals surface area contributed by atoms with E-state index in [1.165, 1.54) is 18.4 Å². The van der Waals surface area contributed by atoms with Crippen LogP contribution in [0.1, 0.15) is 24.2 Å². The van der Waals surface area contributed by atoms with Gasteiger partial charge in [0.25, 0.3) is 5.91 Å². The molecule has 2 N–H and O–H groups in total. The van der Waals surface area contributed by atoms with Crippen molar-refractivity contribution in [1.82, 2.24) is 15.5 Å². The van der Waals surface area contributed by atoms with Gasteiger partial charge in [0.05, 0.1) is 12.8 Å². The van der Waals surface area contributed by atoms with Gasteiger partial charge in [-0.1, -0.05) is 12.1 Å². The number of amides is 4. The summed E-state index contributed by atoms with van der Waals surface area (Å²) in [6.07, 6.45) is 1.76. The van der Waals surface area contributed by atoms with E-state index < -0.39 is 12.1 Å². The molecule has 0 saturated carbocycles. The van der Waals surface area contributed by atoms with Crippen LogP contribution in [0.2, 0.25) is 0 Å². The standard InChI is InChI=1S/C18H18FN3O4/c19-13-5-3-12(4-6-13)10-20-16(23)8-7-15-17(24)22(18(25)21-15)11-14-2-1-9-26-14/h1-6,9,15H,7-8,10-11H2,(H,20,23)(H,21,25)/t15-/m1/s1. The van der Waals surface area contributed by atoms with Crippen molar-refractivity contribution in [2.45, 2.75) is 32.0 Å². The molecule has 7 nitrogen and oxygen atoms in total. The lowest BCUT2D eigenvalue weighted by molar-refractivity contribution is -0.128. The lowest BCUT2D eigenvalue weighted by Gasteiger charge is -2.11. The number of carbonyl (C=O) groups is 3. The molecule has 136 valence electrons. The molecule has 4 amide bonds. The second-order valence-corrected chi connectivity index (χ2v) is 5.95. The lowest BCUT2D eigenvalue weighted by atomic mass is 10.1. The van der Waals surface area contributed by atoms with E-state index in [0.29, 0.717) is 5.76 Å². The summed E-state index contributed by atoms with van der Waals surface area (Å²) < 4.78 is 18.0. The first-order valence-corrected chi connectivity index (χ1v) is 8.18. The van der Waals surface area contributed by atoms with Crippen LogP contribution in [-0.2, 0) is 22.7 Å². The summed E-state index contributed by atoms with van der Waals surface area (Å²) in [5.74, 6) is -0.459. The summed E-state index contributed by atoms with van der Waals surface area (Å²) in [5.41, 5.74) is 0.773. The van der Waals surface area contributed by atoms with E-state index in [1.54, 1.807) is 24.3 Å². The van der Waals surface area contributed by atoms with E-state index in [4.69, 9.17) is 4.42 Å². The Morgan fingerprint density at radius 3 is 2.69 bits per heavy atom. The minimum absolute atomic E-state index is 0.0604. The molecular weight excluding hydrogens is 341 g/mol. The van der Waals surface area contributed by atoms with Crippen LogP contribution >= 0.6 is 0 Å². The first-order chi connectivity index (χ1) is 12.5. The molecule has 0 aliphatic carbocycles. The van der Waals surface area contributed by atoms with Crippen molar-refractivity contribution in [3.05, 3.63) is 59.8 Å². The van der Waals surface area contributed by atoms with Crippen LogP contribution in [0.15, 0.2) is 47.1 Å². The van der Waals surface area contributed by atoms with Gasteiger partial charge in [-0.15, -0.1) is 0 Å². The maximum atomic E-state index is 12.8. The monoisotopic (exact) mass is 359 g/mol. The van der Waals surface area contributed by atoms with Crippen LogP contribution in [-0.4, -0.2) is 28.8 Å². The highest BCUT2D eigenvalue weighted by Crippen LogP contribution is 2.15. The number of carbonyl (C=O) groups excluding carboxylic acids is 3. The van der Waals surface area contributed by atoms with E-state index in [1.807, 2.05) is 0 Å². The van der Waals surface area contributed by atoms with Gasteiger partial charge in [0.15, 0.2) is 0 Å². The van der Waals surface area contributed by atoms with Gasteiger partial charge in [0.2, 0.25) is 5.91 Å². The Kier molecular flexibility index (Phi) is 5.31. The number of urea groups is 1. The first-order valence-electron chi connectivity index (χ1n) is 8.18. The van der Waals surface area contributed by atoms with Crippen LogP contribution in [0.5, 0.6) is 0 Å². The van der Waals surface area contributed by atoms with Crippen LogP contribution in [0.4, 0.5) is 9.18 Å². The molecule has 2 heterocycles. The second kappa shape index (κ2) is 7.81. The summed E-state index contributed by atoms with van der Waals surface area (Å²) in [4.78, 5) is 37.2. The van der Waals surface area contributed by atoms with Gasteiger partial charge in [-0.2, -0.15) is 0 Å². The Morgan fingerprint density at radius 1 is 1.23 bits per heavy atom. The van der Waals surface area contributed by atoms with Crippen LogP contribution in [0.3, 0.4) is 0 Å². The van der Waals surface area contributed by atoms with Gasteiger partial charge in [0, 0.05) is 13.0 Å². The molecule has 0 unspecified atom stereocenters. The van der Waals surface area contributed by atoms with Crippen LogP contribution in [0, 0.1) is 5.82 Å². The fourth-order valence-corrected chi connectivity index (χ4v) is 2.65. The third-order valence-corrected chi connectivity index (χ3v) is 4.06. The molecule has 1 aliphatic heterocycles. The Bertz CT molecular complexity index is 789. The SMILES string of the molecule is O=C(CC[C@H]1NC(=O)N(Cc2ccco2)C1=O)NCc1ccc(F)cc1. The molecule has 8 heteroatoms. The minimum atomic E-state index is -0.728. The molecular formula is C18H18FN3O4. The lowest BCUT2D eigenvalue weighted by Crippen LogP contribution is -2.32. The average molecular weight is 359 g/mol. The highest BCUT2D eigenvalue weighted by Gasteiger charge is 2.38. The van der Waals surface area contributed by atoms with E-state index in [2.05, 4.69) is 10.6 Å². The van der Waals surface area contributed by atoms with Gasteiger partial charge in [-0.25, -0.2) is 9.18 Å². The largest absolute Gasteiger partial charge is 0.467 e. The summed E-state index contributed by atoms with van der Waals surface area (Å²) in [7, 11) is 0. The molecule has 2 aromatic rings. The van der Waals surface area contributed by atoms with Gasteiger partial charge in [0.1, 0.15) is 17.6 Å². The number of hydrogen-bond donors (Lipinski definition) is 2. The zero-order chi connectivity index (χ0) is 18.5. The third-order valence-electron chi connectivity index (χ3n) is 4.06. The molecule has 0 bridgehead atoms. The number of benzene rings is 1. The number of nitrogens with one attached hydrogen (secondary N) is 2. The van der Waals surface area contributed by atoms with Crippen molar-refractivity contribution in [3.63, 3.8) is 0 Å². The van der Waals surface area contributed by atoms with Crippen LogP contribution in [0.25, 0.3) is 0 Å². The van der Waals surface area contributed by atoms with E-state index >= 15 is 0 Å². The highest BCUT2D eigenvalue weighted by atomic mass is 19.1. The van der Waals surface area contributed by atoms with Crippen molar-refractivity contribution in [1.29, 1.82) is 0 Å². The quantitative estimate of drug-likeness (QED) is 0.739. The predicted octanol–water partition coefficient (Wildman–Crippen LogP) is 1.94. The Balaban J connectivity index is 1.45. The number of halogens is 1. The van der Waals surface area contributed by atoms with Crippen molar-refractivity contribution >= 4 is 17.8 Å². The Labute approximate surface area is 149 Å². The minimum Gasteiger partial charge on any atom is -0.467 e. The average Bonchev–Trinajstić information content (AvgIpc) is 3.23. The maximum absolute atomic E-state index is 12.8. The van der Waals surface area contributed by atoms with Crippen molar-refractivity contribution in [2.24, 2.45) is 0 Å². The number of nitrogens with zero attached hydrogens (tertiary/aromatic N) is 1. The molecule has 3 rings (SSSR count). The zero-order valence-corrected chi connectivity index (χ0v) is 13.9. The highest BCUT2D eigenvalue weighted by molar-refractivity contribution is 6.04. The van der Waals surface area contributed by atoms with Crippen molar-refractivity contribution in [2.75, 3.05) is 0 Å². The first kappa shape index (κ1) is 17.7. The van der Waals surface area contributed by atoms with Gasteiger partial charge in [-0.3, -0.25) is 14.5 Å². The van der Waals surface area contributed by atoms with E-state index in [-0.39, 0.29) is 43.6 Å². The van der Waals surface area contributed by atoms with Gasteiger partial charge < -0.3 is 15.1 Å². The molecule has 1 atom stereocenters. The van der Waals surface area contributed by atoms with Crippen molar-refractivity contribution in [3.8, 4) is 0 Å². The van der Waals surface area contributed by atoms with Gasteiger partial charge in [-0.05, 0) is 36.2 Å². The molecule has 0 radical (unpaired) electrons. The molecule has 1 aromatic heterocycles.